The van der Waals surface area contributed by atoms with E-state index in [1.165, 1.54) is 19.2 Å². The number of H-pyrrole nitrogens is 1. The van der Waals surface area contributed by atoms with Crippen LogP contribution in [0, 0.1) is 5.82 Å². The van der Waals surface area contributed by atoms with Crippen LogP contribution in [-0.4, -0.2) is 61.8 Å². The Morgan fingerprint density at radius 1 is 1.21 bits per heavy atom. The lowest BCUT2D eigenvalue weighted by atomic mass is 10.0. The fourth-order valence-corrected chi connectivity index (χ4v) is 5.36. The molecule has 5 rings (SSSR count). The summed E-state index contributed by atoms with van der Waals surface area (Å²) in [5.41, 5.74) is 2.46. The van der Waals surface area contributed by atoms with E-state index in [1.54, 1.807) is 17.3 Å². The van der Waals surface area contributed by atoms with E-state index in [1.807, 2.05) is 37.7 Å². The van der Waals surface area contributed by atoms with Crippen molar-refractivity contribution in [1.82, 2.24) is 29.9 Å². The fraction of sp³-hybridized carbons (Fsp3) is 0.407. The van der Waals surface area contributed by atoms with Crippen LogP contribution in [0.15, 0.2) is 36.8 Å². The first-order valence-corrected chi connectivity index (χ1v) is 13.3. The molecule has 206 valence electrons. The molecular formula is C27H29Cl2FN6O3. The van der Waals surface area contributed by atoms with Gasteiger partial charge in [0.2, 0.25) is 0 Å². The predicted molar refractivity (Wildman–Crippen MR) is 146 cm³/mol. The summed E-state index contributed by atoms with van der Waals surface area (Å²) in [6, 6.07) is 4.70. The predicted octanol–water partition coefficient (Wildman–Crippen LogP) is 6.58. The monoisotopic (exact) mass is 574 g/mol. The number of halogens is 3. The highest BCUT2D eigenvalue weighted by molar-refractivity contribution is 6.36. The van der Waals surface area contributed by atoms with Crippen molar-refractivity contribution in [2.24, 2.45) is 0 Å². The molecule has 1 unspecified atom stereocenters. The number of aromatic nitrogens is 5. The van der Waals surface area contributed by atoms with Crippen LogP contribution in [-0.2, 0) is 9.47 Å². The second kappa shape index (κ2) is 10.7. The van der Waals surface area contributed by atoms with E-state index in [-0.39, 0.29) is 17.2 Å². The number of nitrogens with zero attached hydrogens (tertiary/aromatic N) is 5. The normalized spacial score (nSPS) is 15.6. The lowest BCUT2D eigenvalue weighted by Gasteiger charge is -2.33. The third kappa shape index (κ3) is 5.59. The van der Waals surface area contributed by atoms with Crippen molar-refractivity contribution in [3.63, 3.8) is 0 Å². The van der Waals surface area contributed by atoms with E-state index in [0.29, 0.717) is 40.6 Å². The topological polar surface area (TPSA) is 98.2 Å². The number of rotatable bonds is 5. The van der Waals surface area contributed by atoms with E-state index in [2.05, 4.69) is 20.3 Å². The first-order chi connectivity index (χ1) is 18.6. The molecule has 0 bridgehead atoms. The molecule has 1 aliphatic rings. The maximum Gasteiger partial charge on any atom is 0.410 e. The third-order valence-electron chi connectivity index (χ3n) is 6.72. The van der Waals surface area contributed by atoms with Gasteiger partial charge in [-0.05, 0) is 51.8 Å². The van der Waals surface area contributed by atoms with Crippen LogP contribution in [0.2, 0.25) is 10.0 Å². The van der Waals surface area contributed by atoms with E-state index >= 15 is 0 Å². The minimum absolute atomic E-state index is 0.0927. The van der Waals surface area contributed by atoms with Crippen molar-refractivity contribution < 1.29 is 18.7 Å². The number of methoxy groups -OCH3 is 1. The molecule has 0 radical (unpaired) electrons. The van der Waals surface area contributed by atoms with Crippen LogP contribution in [0.4, 0.5) is 9.18 Å². The van der Waals surface area contributed by atoms with Gasteiger partial charge in [0.05, 0.1) is 23.0 Å². The number of nitrogens with one attached hydrogen (secondary N) is 1. The molecule has 4 aromatic rings. The Labute approximate surface area is 235 Å². The molecule has 1 atom stereocenters. The summed E-state index contributed by atoms with van der Waals surface area (Å²) in [6.45, 7) is 6.77. The van der Waals surface area contributed by atoms with E-state index in [4.69, 9.17) is 32.7 Å². The van der Waals surface area contributed by atoms with E-state index in [0.717, 1.165) is 23.8 Å². The number of fused-ring (bicyclic) bond motifs is 1. The molecule has 1 amide bonds. The number of amides is 1. The number of carbonyl (C=O) groups is 1. The molecule has 39 heavy (non-hydrogen) atoms. The van der Waals surface area contributed by atoms with Crippen molar-refractivity contribution in [1.29, 1.82) is 0 Å². The number of ether oxygens (including phenoxy) is 2. The highest BCUT2D eigenvalue weighted by Gasteiger charge is 2.29. The molecule has 1 N–H and O–H groups in total. The molecule has 1 aromatic carbocycles. The average Bonchev–Trinajstić information content (AvgIpc) is 3.55. The van der Waals surface area contributed by atoms with Gasteiger partial charge < -0.3 is 19.4 Å². The SMILES string of the molecule is COC(c1c(Cl)ccc(F)c1Cl)c1c[nH]c2nnc(-c3cnn(C4CCN(C(=O)OC(C)(C)C)CC4)c3)cc12. The van der Waals surface area contributed by atoms with Gasteiger partial charge in [-0.15, -0.1) is 10.2 Å². The summed E-state index contributed by atoms with van der Waals surface area (Å²) < 4.78 is 27.4. The largest absolute Gasteiger partial charge is 0.444 e. The Bertz CT molecular complexity index is 1510. The first-order valence-electron chi connectivity index (χ1n) is 12.6. The molecule has 4 heterocycles. The molecule has 3 aromatic heterocycles. The van der Waals surface area contributed by atoms with E-state index < -0.39 is 17.5 Å². The highest BCUT2D eigenvalue weighted by Crippen LogP contribution is 2.40. The van der Waals surface area contributed by atoms with Crippen molar-refractivity contribution in [3.8, 4) is 11.3 Å². The smallest absolute Gasteiger partial charge is 0.410 e. The lowest BCUT2D eigenvalue weighted by molar-refractivity contribution is 0.0185. The molecule has 0 aliphatic carbocycles. The van der Waals surface area contributed by atoms with Crippen molar-refractivity contribution in [2.75, 3.05) is 20.2 Å². The van der Waals surface area contributed by atoms with Gasteiger partial charge in [-0.1, -0.05) is 23.2 Å². The summed E-state index contributed by atoms with van der Waals surface area (Å²) in [5.74, 6) is -0.581. The summed E-state index contributed by atoms with van der Waals surface area (Å²) in [7, 11) is 1.51. The molecule has 12 heteroatoms. The molecule has 1 fully saturated rings. The minimum atomic E-state index is -0.732. The zero-order valence-electron chi connectivity index (χ0n) is 22.0. The number of likely N-dealkylation sites (tertiary alicyclic amines) is 1. The summed E-state index contributed by atoms with van der Waals surface area (Å²) in [6.07, 6.45) is 5.92. The maximum atomic E-state index is 14.3. The Hall–Kier alpha value is -3.21. The standard InChI is InChI=1S/C27H29Cl2FN6O3/c1-27(2,3)39-26(37)35-9-7-16(8-10-35)36-14-15(12-32-36)21-11-17-18(13-31-25(17)34-33-21)24(38-4)22-19(28)5-6-20(30)23(22)29/h5-6,11-14,16,24H,7-10H2,1-4H3,(H,31,34). The quantitative estimate of drug-likeness (QED) is 0.270. The molecule has 9 nitrogen and oxygen atoms in total. The van der Waals surface area contributed by atoms with Gasteiger partial charge in [0.25, 0.3) is 0 Å². The number of aromatic amines is 1. The Morgan fingerprint density at radius 3 is 2.64 bits per heavy atom. The molecule has 1 aliphatic heterocycles. The Balaban J connectivity index is 1.37. The summed E-state index contributed by atoms with van der Waals surface area (Å²) in [4.78, 5) is 17.2. The minimum Gasteiger partial charge on any atom is -0.444 e. The molecule has 0 spiro atoms. The molecular weight excluding hydrogens is 546 g/mol. The van der Waals surface area contributed by atoms with Crippen molar-refractivity contribution in [2.45, 2.75) is 51.4 Å². The highest BCUT2D eigenvalue weighted by atomic mass is 35.5. The van der Waals surface area contributed by atoms with Crippen molar-refractivity contribution in [3.05, 3.63) is 63.8 Å². The van der Waals surface area contributed by atoms with Crippen LogP contribution >= 0.6 is 23.2 Å². The van der Waals surface area contributed by atoms with E-state index in [9.17, 15) is 9.18 Å². The number of hydrogen-bond donors (Lipinski definition) is 1. The molecule has 0 saturated carbocycles. The average molecular weight is 575 g/mol. The zero-order valence-corrected chi connectivity index (χ0v) is 23.6. The summed E-state index contributed by atoms with van der Waals surface area (Å²) >= 11 is 12.7. The summed E-state index contributed by atoms with van der Waals surface area (Å²) in [5, 5.41) is 14.2. The van der Waals surface area contributed by atoms with Gasteiger partial charge >= 0.3 is 6.09 Å². The first kappa shape index (κ1) is 27.4. The lowest BCUT2D eigenvalue weighted by Crippen LogP contribution is -2.42. The Morgan fingerprint density at radius 2 is 1.95 bits per heavy atom. The van der Waals surface area contributed by atoms with Gasteiger partial charge in [0.1, 0.15) is 17.5 Å². The van der Waals surface area contributed by atoms with Gasteiger partial charge in [-0.2, -0.15) is 5.10 Å². The van der Waals surface area contributed by atoms with Gasteiger partial charge in [-0.3, -0.25) is 4.68 Å². The van der Waals surface area contributed by atoms with Gasteiger partial charge in [0.15, 0.2) is 5.65 Å². The van der Waals surface area contributed by atoms with Gasteiger partial charge in [-0.25, -0.2) is 9.18 Å². The Kier molecular flexibility index (Phi) is 7.54. The number of piperidine rings is 1. The zero-order chi connectivity index (χ0) is 27.9. The van der Waals surface area contributed by atoms with Crippen LogP contribution in [0.5, 0.6) is 0 Å². The van der Waals surface area contributed by atoms with Gasteiger partial charge in [0, 0.05) is 59.7 Å². The number of hydrogen-bond acceptors (Lipinski definition) is 6. The third-order valence-corrected chi connectivity index (χ3v) is 7.43. The van der Waals surface area contributed by atoms with Crippen LogP contribution in [0.3, 0.4) is 0 Å². The molecule has 1 saturated heterocycles. The maximum absolute atomic E-state index is 14.3. The van der Waals surface area contributed by atoms with Crippen LogP contribution in [0.1, 0.15) is 56.9 Å². The number of carbonyl (C=O) groups excluding carboxylic acids is 1. The van der Waals surface area contributed by atoms with Crippen molar-refractivity contribution >= 4 is 40.3 Å². The second-order valence-electron chi connectivity index (χ2n) is 10.5. The fourth-order valence-electron chi connectivity index (χ4n) is 4.79. The number of benzene rings is 1. The van der Waals surface area contributed by atoms with Crippen LogP contribution < -0.4 is 0 Å². The van der Waals surface area contributed by atoms with Crippen LogP contribution in [0.25, 0.3) is 22.3 Å². The second-order valence-corrected chi connectivity index (χ2v) is 11.3.